The third kappa shape index (κ3) is 2.55. The Morgan fingerprint density at radius 1 is 1.30 bits per heavy atom. The van der Waals surface area contributed by atoms with E-state index in [-0.39, 0.29) is 6.04 Å². The number of hydrogen-bond donors (Lipinski definition) is 1. The molecule has 1 saturated heterocycles. The molecule has 0 bridgehead atoms. The summed E-state index contributed by atoms with van der Waals surface area (Å²) < 4.78 is 27.1. The van der Waals surface area contributed by atoms with E-state index < -0.39 is 10.0 Å². The summed E-state index contributed by atoms with van der Waals surface area (Å²) in [5, 5.41) is 0. The van der Waals surface area contributed by atoms with Crippen LogP contribution in [0.15, 0.2) is 23.1 Å². The van der Waals surface area contributed by atoms with Gasteiger partial charge in [-0.2, -0.15) is 4.31 Å². The summed E-state index contributed by atoms with van der Waals surface area (Å²) in [4.78, 5) is 2.41. The average molecular weight is 297 g/mol. The van der Waals surface area contributed by atoms with E-state index in [0.29, 0.717) is 35.2 Å². The van der Waals surface area contributed by atoms with E-state index in [4.69, 9.17) is 5.73 Å². The molecule has 112 valence electrons. The van der Waals surface area contributed by atoms with E-state index in [1.54, 1.807) is 29.4 Å². The summed E-state index contributed by atoms with van der Waals surface area (Å²) in [6, 6.07) is 5.31. The number of nitrogen functional groups attached to an aromatic ring is 1. The molecule has 5 nitrogen and oxygen atoms in total. The number of hydrogen-bond acceptors (Lipinski definition) is 4. The smallest absolute Gasteiger partial charge is 0.243 e. The van der Waals surface area contributed by atoms with Gasteiger partial charge in [-0.15, -0.1) is 0 Å². The summed E-state index contributed by atoms with van der Waals surface area (Å²) in [7, 11) is 0.514. The van der Waals surface area contributed by atoms with Crippen molar-refractivity contribution >= 4 is 15.7 Å². The fourth-order valence-electron chi connectivity index (χ4n) is 2.82. The molecule has 0 radical (unpaired) electrons. The third-order valence-electron chi connectivity index (χ3n) is 4.15. The first-order chi connectivity index (χ1) is 9.25. The van der Waals surface area contributed by atoms with Crippen LogP contribution >= 0.6 is 0 Å². The van der Waals surface area contributed by atoms with Crippen molar-refractivity contribution < 1.29 is 8.42 Å². The molecule has 2 unspecified atom stereocenters. The second kappa shape index (κ2) is 5.35. The van der Waals surface area contributed by atoms with Crippen molar-refractivity contribution in [3.05, 3.63) is 23.8 Å². The largest absolute Gasteiger partial charge is 0.398 e. The summed E-state index contributed by atoms with van der Waals surface area (Å²) in [6.07, 6.45) is 0. The molecule has 1 heterocycles. The lowest BCUT2D eigenvalue weighted by Gasteiger charge is -2.22. The van der Waals surface area contributed by atoms with Crippen LogP contribution in [0.3, 0.4) is 0 Å². The lowest BCUT2D eigenvalue weighted by molar-refractivity contribution is 0.263. The molecule has 0 spiro atoms. The van der Waals surface area contributed by atoms with Crippen molar-refractivity contribution in [2.75, 3.05) is 32.9 Å². The van der Waals surface area contributed by atoms with Gasteiger partial charge in [0.25, 0.3) is 0 Å². The van der Waals surface area contributed by atoms with Crippen LogP contribution in [0, 0.1) is 12.8 Å². The van der Waals surface area contributed by atoms with Crippen LogP contribution in [0.2, 0.25) is 0 Å². The maximum absolute atomic E-state index is 12.8. The Balaban J connectivity index is 2.35. The minimum absolute atomic E-state index is 0.256. The Morgan fingerprint density at radius 3 is 2.50 bits per heavy atom. The average Bonchev–Trinajstić information content (AvgIpc) is 2.75. The fraction of sp³-hybridized carbons (Fsp3) is 0.571. The van der Waals surface area contributed by atoms with Crippen molar-refractivity contribution in [3.63, 3.8) is 0 Å². The molecule has 2 atom stereocenters. The summed E-state index contributed by atoms with van der Waals surface area (Å²) in [6.45, 7) is 4.93. The van der Waals surface area contributed by atoms with E-state index >= 15 is 0 Å². The highest BCUT2D eigenvalue weighted by Gasteiger charge is 2.38. The van der Waals surface area contributed by atoms with Gasteiger partial charge in [0.1, 0.15) is 0 Å². The highest BCUT2D eigenvalue weighted by atomic mass is 32.2. The molecule has 1 aromatic carbocycles. The molecule has 0 aliphatic carbocycles. The van der Waals surface area contributed by atoms with E-state index in [2.05, 4.69) is 11.8 Å². The molecular formula is C14H23N3O2S. The molecule has 2 rings (SSSR count). The maximum Gasteiger partial charge on any atom is 0.243 e. The lowest BCUT2D eigenvalue weighted by atomic mass is 10.1. The topological polar surface area (TPSA) is 66.6 Å². The van der Waals surface area contributed by atoms with Gasteiger partial charge in [-0.05, 0) is 44.6 Å². The molecule has 0 aromatic heterocycles. The third-order valence-corrected chi connectivity index (χ3v) is 6.12. The van der Waals surface area contributed by atoms with E-state index in [9.17, 15) is 8.42 Å². The Bertz CT molecular complexity index is 598. The molecule has 2 N–H and O–H groups in total. The minimum Gasteiger partial charge on any atom is -0.398 e. The van der Waals surface area contributed by atoms with Crippen LogP contribution in [0.25, 0.3) is 0 Å². The van der Waals surface area contributed by atoms with Crippen LogP contribution in [-0.4, -0.2) is 50.8 Å². The van der Waals surface area contributed by atoms with Gasteiger partial charge in [-0.25, -0.2) is 8.42 Å². The molecule has 1 aliphatic rings. The molecule has 0 amide bonds. The number of sulfonamides is 1. The van der Waals surface area contributed by atoms with Gasteiger partial charge >= 0.3 is 0 Å². The highest BCUT2D eigenvalue weighted by molar-refractivity contribution is 7.89. The van der Waals surface area contributed by atoms with Gasteiger partial charge in [0, 0.05) is 24.8 Å². The van der Waals surface area contributed by atoms with Gasteiger partial charge in [-0.3, -0.25) is 0 Å². The van der Waals surface area contributed by atoms with Crippen molar-refractivity contribution in [2.24, 2.45) is 5.92 Å². The van der Waals surface area contributed by atoms with Gasteiger partial charge in [0.15, 0.2) is 0 Å². The summed E-state index contributed by atoms with van der Waals surface area (Å²) in [5.74, 6) is 0.321. The van der Waals surface area contributed by atoms with Crippen LogP contribution in [0.1, 0.15) is 12.5 Å². The van der Waals surface area contributed by atoms with Crippen LogP contribution in [0.5, 0.6) is 0 Å². The number of rotatable bonds is 3. The molecule has 6 heteroatoms. The second-order valence-electron chi connectivity index (χ2n) is 5.80. The summed E-state index contributed by atoms with van der Waals surface area (Å²) >= 11 is 0. The van der Waals surface area contributed by atoms with Gasteiger partial charge in [-0.1, -0.05) is 13.0 Å². The first-order valence-corrected chi connectivity index (χ1v) is 8.21. The standard InChI is InChI=1S/C14H23N3O2S/c1-10-8-17(9-13(10)16(3)4)20(18,19)14-7-5-6-12(15)11(14)2/h5-7,10,13H,8-9,15H2,1-4H3. The predicted molar refractivity (Wildman–Crippen MR) is 81.0 cm³/mol. The molecule has 1 aliphatic heterocycles. The first-order valence-electron chi connectivity index (χ1n) is 6.76. The molecule has 20 heavy (non-hydrogen) atoms. The Labute approximate surface area is 121 Å². The van der Waals surface area contributed by atoms with E-state index in [1.807, 2.05) is 14.1 Å². The van der Waals surface area contributed by atoms with Crippen molar-refractivity contribution in [3.8, 4) is 0 Å². The van der Waals surface area contributed by atoms with Gasteiger partial charge < -0.3 is 10.6 Å². The zero-order chi connectivity index (χ0) is 15.1. The van der Waals surface area contributed by atoms with Crippen LogP contribution < -0.4 is 5.73 Å². The number of anilines is 1. The lowest BCUT2D eigenvalue weighted by Crippen LogP contribution is -2.36. The monoisotopic (exact) mass is 297 g/mol. The van der Waals surface area contributed by atoms with Crippen LogP contribution in [0.4, 0.5) is 5.69 Å². The zero-order valence-electron chi connectivity index (χ0n) is 12.5. The molecule has 1 aromatic rings. The van der Waals surface area contributed by atoms with Gasteiger partial charge in [0.2, 0.25) is 10.0 Å². The highest BCUT2D eigenvalue weighted by Crippen LogP contribution is 2.29. The molecular weight excluding hydrogens is 274 g/mol. The zero-order valence-corrected chi connectivity index (χ0v) is 13.3. The second-order valence-corrected chi connectivity index (χ2v) is 7.71. The number of nitrogens with two attached hydrogens (primary N) is 1. The molecule has 1 fully saturated rings. The van der Waals surface area contributed by atoms with E-state index in [1.165, 1.54) is 0 Å². The van der Waals surface area contributed by atoms with Crippen molar-refractivity contribution in [2.45, 2.75) is 24.8 Å². The van der Waals surface area contributed by atoms with Crippen molar-refractivity contribution in [1.29, 1.82) is 0 Å². The molecule has 0 saturated carbocycles. The Morgan fingerprint density at radius 2 is 1.95 bits per heavy atom. The quantitative estimate of drug-likeness (QED) is 0.850. The predicted octanol–water partition coefficient (Wildman–Crippen LogP) is 1.15. The number of benzene rings is 1. The number of likely N-dealkylation sites (N-methyl/N-ethyl adjacent to an activating group) is 1. The van der Waals surface area contributed by atoms with Crippen LogP contribution in [-0.2, 0) is 10.0 Å². The van der Waals surface area contributed by atoms with E-state index in [0.717, 1.165) is 0 Å². The fourth-order valence-corrected chi connectivity index (χ4v) is 4.64. The van der Waals surface area contributed by atoms with Gasteiger partial charge in [0.05, 0.1) is 4.90 Å². The van der Waals surface area contributed by atoms with Crippen molar-refractivity contribution in [1.82, 2.24) is 9.21 Å². The Hall–Kier alpha value is -1.11. The number of nitrogens with zero attached hydrogens (tertiary/aromatic N) is 2. The summed E-state index contributed by atoms with van der Waals surface area (Å²) in [5.41, 5.74) is 6.98. The first kappa shape index (κ1) is 15.3. The SMILES string of the molecule is Cc1c(N)cccc1S(=O)(=O)N1CC(C)C(N(C)C)C1. The minimum atomic E-state index is -3.46. The maximum atomic E-state index is 12.8. The Kier molecular flexibility index (Phi) is 4.09. The normalized spacial score (nSPS) is 24.4.